The van der Waals surface area contributed by atoms with E-state index in [9.17, 15) is 0 Å². The highest BCUT2D eigenvalue weighted by atomic mass is 32.2. The predicted octanol–water partition coefficient (Wildman–Crippen LogP) is 3.38. The van der Waals surface area contributed by atoms with Gasteiger partial charge in [0.25, 0.3) is 0 Å². The molecular weight excluding hydrogens is 284 g/mol. The van der Waals surface area contributed by atoms with Gasteiger partial charge in [-0.1, -0.05) is 42.1 Å². The van der Waals surface area contributed by atoms with Crippen LogP contribution in [0.25, 0.3) is 0 Å². The molecule has 1 heterocycles. The first-order chi connectivity index (χ1) is 10.2. The number of benzene rings is 1. The van der Waals surface area contributed by atoms with Crippen LogP contribution in [0.4, 0.5) is 5.95 Å². The molecule has 112 valence electrons. The quantitative estimate of drug-likeness (QED) is 0.791. The van der Waals surface area contributed by atoms with Gasteiger partial charge in [0.1, 0.15) is 0 Å². The minimum Gasteiger partial charge on any atom is -0.461 e. The molecule has 2 aromatic rings. The summed E-state index contributed by atoms with van der Waals surface area (Å²) in [5, 5.41) is 3.77. The van der Waals surface area contributed by atoms with Gasteiger partial charge in [0.2, 0.25) is 5.95 Å². The lowest BCUT2D eigenvalue weighted by molar-refractivity contribution is 0.219. The lowest BCUT2D eigenvalue weighted by Crippen LogP contribution is -2.12. The van der Waals surface area contributed by atoms with E-state index in [4.69, 9.17) is 4.74 Å². The second-order valence-corrected chi connectivity index (χ2v) is 5.64. The zero-order valence-electron chi connectivity index (χ0n) is 12.5. The van der Waals surface area contributed by atoms with Gasteiger partial charge in [-0.25, -0.2) is 0 Å². The first-order valence-corrected chi connectivity index (χ1v) is 7.99. The molecular formula is C15H20N4OS. The standard InChI is InChI=1S/C15H20N4OS/c1-4-16-13-17-14(20-11(2)3)19-15(18-13)21-10-12-8-6-5-7-9-12/h5-9,11H,4,10H2,1-3H3,(H,16,17,18,19). The molecule has 0 radical (unpaired) electrons. The summed E-state index contributed by atoms with van der Waals surface area (Å²) < 4.78 is 5.58. The van der Waals surface area contributed by atoms with Gasteiger partial charge in [0, 0.05) is 12.3 Å². The minimum atomic E-state index is 0.0360. The van der Waals surface area contributed by atoms with Crippen LogP contribution in [0.2, 0.25) is 0 Å². The van der Waals surface area contributed by atoms with Gasteiger partial charge >= 0.3 is 6.01 Å². The SMILES string of the molecule is CCNc1nc(OC(C)C)nc(SCc2ccccc2)n1. The van der Waals surface area contributed by atoms with Gasteiger partial charge in [-0.3, -0.25) is 0 Å². The fourth-order valence-electron chi connectivity index (χ4n) is 1.63. The van der Waals surface area contributed by atoms with E-state index in [1.54, 1.807) is 11.8 Å². The lowest BCUT2D eigenvalue weighted by atomic mass is 10.2. The number of hydrogen-bond acceptors (Lipinski definition) is 6. The zero-order chi connectivity index (χ0) is 15.1. The Hall–Kier alpha value is -1.82. The molecule has 0 aliphatic heterocycles. The van der Waals surface area contributed by atoms with E-state index < -0.39 is 0 Å². The van der Waals surface area contributed by atoms with E-state index in [1.807, 2.05) is 39.0 Å². The fraction of sp³-hybridized carbons (Fsp3) is 0.400. The normalized spacial score (nSPS) is 10.7. The highest BCUT2D eigenvalue weighted by molar-refractivity contribution is 7.98. The van der Waals surface area contributed by atoms with Crippen LogP contribution in [0.1, 0.15) is 26.3 Å². The van der Waals surface area contributed by atoms with Crippen LogP contribution in [0.3, 0.4) is 0 Å². The average Bonchev–Trinajstić information content (AvgIpc) is 2.46. The Morgan fingerprint density at radius 3 is 2.57 bits per heavy atom. The summed E-state index contributed by atoms with van der Waals surface area (Å²) in [4.78, 5) is 13.0. The Balaban J connectivity index is 2.11. The molecule has 0 bridgehead atoms. The highest BCUT2D eigenvalue weighted by Gasteiger charge is 2.09. The van der Waals surface area contributed by atoms with Gasteiger partial charge in [0.05, 0.1) is 6.10 Å². The molecule has 0 aliphatic rings. The van der Waals surface area contributed by atoms with Crippen molar-refractivity contribution in [1.29, 1.82) is 0 Å². The maximum atomic E-state index is 5.58. The van der Waals surface area contributed by atoms with Gasteiger partial charge in [-0.2, -0.15) is 15.0 Å². The van der Waals surface area contributed by atoms with Crippen LogP contribution in [0.5, 0.6) is 6.01 Å². The highest BCUT2D eigenvalue weighted by Crippen LogP contribution is 2.22. The third-order valence-corrected chi connectivity index (χ3v) is 3.40. The summed E-state index contributed by atoms with van der Waals surface area (Å²) in [5.41, 5.74) is 1.24. The predicted molar refractivity (Wildman–Crippen MR) is 85.8 cm³/mol. The van der Waals surface area contributed by atoms with E-state index >= 15 is 0 Å². The number of nitrogens with zero attached hydrogens (tertiary/aromatic N) is 3. The van der Waals surface area contributed by atoms with Crippen molar-refractivity contribution < 1.29 is 4.74 Å². The van der Waals surface area contributed by atoms with Crippen molar-refractivity contribution in [3.05, 3.63) is 35.9 Å². The third-order valence-electron chi connectivity index (χ3n) is 2.48. The van der Waals surface area contributed by atoms with E-state index in [0.717, 1.165) is 12.3 Å². The number of aromatic nitrogens is 3. The van der Waals surface area contributed by atoms with Gasteiger partial charge < -0.3 is 10.1 Å². The van der Waals surface area contributed by atoms with Crippen LogP contribution >= 0.6 is 11.8 Å². The van der Waals surface area contributed by atoms with Crippen LogP contribution < -0.4 is 10.1 Å². The summed E-state index contributed by atoms with van der Waals surface area (Å²) in [7, 11) is 0. The molecule has 6 heteroatoms. The number of anilines is 1. The molecule has 0 spiro atoms. The topological polar surface area (TPSA) is 59.9 Å². The molecule has 0 atom stereocenters. The number of nitrogens with one attached hydrogen (secondary N) is 1. The Bertz CT molecular complexity index is 563. The van der Waals surface area contributed by atoms with E-state index in [1.165, 1.54) is 5.56 Å². The van der Waals surface area contributed by atoms with Gasteiger partial charge in [-0.15, -0.1) is 0 Å². The van der Waals surface area contributed by atoms with E-state index in [0.29, 0.717) is 17.1 Å². The molecule has 0 unspecified atom stereocenters. The molecule has 0 fully saturated rings. The van der Waals surface area contributed by atoms with E-state index in [2.05, 4.69) is 32.4 Å². The minimum absolute atomic E-state index is 0.0360. The van der Waals surface area contributed by atoms with Crippen molar-refractivity contribution in [3.63, 3.8) is 0 Å². The fourth-order valence-corrected chi connectivity index (χ4v) is 2.41. The first-order valence-electron chi connectivity index (χ1n) is 7.00. The van der Waals surface area contributed by atoms with Crippen LogP contribution in [-0.2, 0) is 5.75 Å². The lowest BCUT2D eigenvalue weighted by Gasteiger charge is -2.10. The Labute approximate surface area is 129 Å². The maximum Gasteiger partial charge on any atom is 0.322 e. The molecule has 0 saturated heterocycles. The largest absolute Gasteiger partial charge is 0.461 e. The Kier molecular flexibility index (Phi) is 5.80. The van der Waals surface area contributed by atoms with Crippen molar-refractivity contribution in [2.45, 2.75) is 37.8 Å². The summed E-state index contributed by atoms with van der Waals surface area (Å²) in [6, 6.07) is 10.6. The van der Waals surface area contributed by atoms with E-state index in [-0.39, 0.29) is 6.10 Å². The smallest absolute Gasteiger partial charge is 0.322 e. The summed E-state index contributed by atoms with van der Waals surface area (Å²) in [6.07, 6.45) is 0.0360. The van der Waals surface area contributed by atoms with Crippen LogP contribution in [0.15, 0.2) is 35.5 Å². The molecule has 1 N–H and O–H groups in total. The number of rotatable bonds is 7. The summed E-state index contributed by atoms with van der Waals surface area (Å²) >= 11 is 1.57. The van der Waals surface area contributed by atoms with Crippen LogP contribution in [0, 0.1) is 0 Å². The first kappa shape index (κ1) is 15.6. The monoisotopic (exact) mass is 304 g/mol. The summed E-state index contributed by atoms with van der Waals surface area (Å²) in [6.45, 7) is 6.67. The Morgan fingerprint density at radius 1 is 1.14 bits per heavy atom. The second-order valence-electron chi connectivity index (χ2n) is 4.70. The average molecular weight is 304 g/mol. The Morgan fingerprint density at radius 2 is 1.90 bits per heavy atom. The van der Waals surface area contributed by atoms with Gasteiger partial charge in [-0.05, 0) is 26.3 Å². The molecule has 1 aromatic carbocycles. The molecule has 5 nitrogen and oxygen atoms in total. The zero-order valence-corrected chi connectivity index (χ0v) is 13.4. The van der Waals surface area contributed by atoms with Crippen molar-refractivity contribution in [1.82, 2.24) is 15.0 Å². The second kappa shape index (κ2) is 7.83. The number of hydrogen-bond donors (Lipinski definition) is 1. The van der Waals surface area contributed by atoms with Crippen molar-refractivity contribution in [3.8, 4) is 6.01 Å². The van der Waals surface area contributed by atoms with Crippen molar-refractivity contribution in [2.24, 2.45) is 0 Å². The molecule has 1 aromatic heterocycles. The van der Waals surface area contributed by atoms with Gasteiger partial charge in [0.15, 0.2) is 5.16 Å². The van der Waals surface area contributed by atoms with Crippen molar-refractivity contribution >= 4 is 17.7 Å². The maximum absolute atomic E-state index is 5.58. The molecule has 0 aliphatic carbocycles. The number of ether oxygens (including phenoxy) is 1. The molecule has 21 heavy (non-hydrogen) atoms. The van der Waals surface area contributed by atoms with Crippen molar-refractivity contribution in [2.75, 3.05) is 11.9 Å². The van der Waals surface area contributed by atoms with Crippen LogP contribution in [-0.4, -0.2) is 27.6 Å². The molecule has 0 saturated carbocycles. The molecule has 0 amide bonds. The number of thioether (sulfide) groups is 1. The summed E-state index contributed by atoms with van der Waals surface area (Å²) in [5.74, 6) is 1.37. The third kappa shape index (κ3) is 5.23. The molecule has 2 rings (SSSR count).